The Morgan fingerprint density at radius 3 is 1.29 bits per heavy atom. The van der Waals surface area contributed by atoms with Crippen molar-refractivity contribution in [2.24, 2.45) is 91.7 Å². The number of aliphatic hydroxyl groups is 1. The van der Waals surface area contributed by atoms with Crippen LogP contribution in [0.2, 0.25) is 10.0 Å². The molecule has 4 aliphatic rings. The third-order valence-corrected chi connectivity index (χ3v) is 28.3. The third-order valence-electron chi connectivity index (χ3n) is 24.8. The number of carbonyl (C=O) groups is 18. The number of ketones is 4. The fourth-order valence-corrected chi connectivity index (χ4v) is 20.0. The highest BCUT2D eigenvalue weighted by Crippen LogP contribution is 2.31. The number of aliphatic imine (C=N–C) groups is 2. The Morgan fingerprint density at radius 1 is 0.465 bits per heavy atom. The molecule has 144 heavy (non-hydrogen) atoms. The van der Waals surface area contributed by atoms with Crippen molar-refractivity contribution in [2.45, 2.75) is 257 Å². The molecule has 4 fully saturated rings. The summed E-state index contributed by atoms with van der Waals surface area (Å²) < 4.78 is 0. The number of hydrogen-bond acceptors (Lipinski definition) is 24. The lowest BCUT2D eigenvalue weighted by Gasteiger charge is -2.30. The van der Waals surface area contributed by atoms with Gasteiger partial charge in [0.2, 0.25) is 82.7 Å². The van der Waals surface area contributed by atoms with Gasteiger partial charge in [-0.2, -0.15) is 23.5 Å². The maximum atomic E-state index is 14.7. The van der Waals surface area contributed by atoms with E-state index in [0.29, 0.717) is 59.5 Å². The number of thiophene rings is 1. The van der Waals surface area contributed by atoms with Crippen molar-refractivity contribution in [2.75, 3.05) is 62.3 Å². The van der Waals surface area contributed by atoms with E-state index in [1.54, 1.807) is 119 Å². The van der Waals surface area contributed by atoms with Crippen molar-refractivity contribution in [3.05, 3.63) is 128 Å². The van der Waals surface area contributed by atoms with Gasteiger partial charge in [-0.1, -0.05) is 139 Å². The summed E-state index contributed by atoms with van der Waals surface area (Å²) in [5.74, 6) is -15.1. The molecule has 39 nitrogen and oxygen atoms in total. The van der Waals surface area contributed by atoms with Crippen LogP contribution in [0, 0.1) is 47.3 Å². The van der Waals surface area contributed by atoms with Crippen molar-refractivity contribution in [1.82, 2.24) is 63.0 Å². The van der Waals surface area contributed by atoms with Crippen LogP contribution in [0.5, 0.6) is 0 Å². The molecule has 14 amide bonds. The van der Waals surface area contributed by atoms with Gasteiger partial charge in [-0.25, -0.2) is 0 Å². The van der Waals surface area contributed by atoms with Crippen molar-refractivity contribution < 1.29 is 91.4 Å². The number of thioether (sulfide) groups is 2. The summed E-state index contributed by atoms with van der Waals surface area (Å²) in [5, 5.41) is 41.4. The van der Waals surface area contributed by atoms with E-state index in [1.807, 2.05) is 33.1 Å². The number of β-amino-alcohol motifs (C(OH)–C–C–N with tert-alkyl or cyclic N) is 1. The molecule has 8 rings (SSSR count). The smallest absolute Gasteiger partial charge is 0.243 e. The summed E-state index contributed by atoms with van der Waals surface area (Å²) in [7, 11) is 0. The number of amides is 14. The zero-order valence-electron chi connectivity index (χ0n) is 83.2. The largest absolute Gasteiger partial charge is 0.391 e. The van der Waals surface area contributed by atoms with Crippen molar-refractivity contribution >= 4 is 176 Å². The molecular formula is C100H144Cl2N20O19S3. The van der Waals surface area contributed by atoms with Gasteiger partial charge in [0.1, 0.15) is 59.9 Å². The minimum atomic E-state index is -1.54. The maximum absolute atomic E-state index is 14.7. The predicted molar refractivity (Wildman–Crippen MR) is 553 cm³/mol. The normalized spacial score (nSPS) is 23.1. The fraction of sp³-hybridized carbons (Fsp3) is 0.580. The fourth-order valence-electron chi connectivity index (χ4n) is 17.0. The number of primary amides is 2. The van der Waals surface area contributed by atoms with Gasteiger partial charge in [0.25, 0.3) is 0 Å². The standard InChI is InChI=1S/C51H73ClN10O9S.C49H71ClN10O10S2/c1-30(2)29-57-46(67)38(12-8-20-56-51(54)55)58-48(69)41-13-9-21-62(41)50(71)34-18-22-72-23-19-37(63)26-35(24-33-14-16-36(52)17-15-33)45(66)60-40(25-32-10-6-5-7-11-32)47(68)61-44(31(3)4)49(70)59-39(28-43(53)65)42(64)27-34;1-27(2)25-55-44(66)36(8-5-15-54-49(52)53)56-46(68)39-22-34(62)26-60(39)48(70)30-13-17-71-18-14-33(61)20-31(19-29-9-11-32(50)12-10-29)43(65)58-38(23-35-7-6-16-72-35)45(67)59-42(28(3)4)47(69)57-37(24-41(51)64)40(63)21-30/h5-7,10-11,14-17,30-31,34-35,38-41,44H,8-9,12-13,18-29H2,1-4H3,(H2,53,65)(H,57,67)(H,58,69)(H,59,70)(H,60,66)(H,61,68)(H4,54,55,56);6-7,9-12,16,27-28,30-31,34,36-39,42,62H,5,8,13-15,17-26H2,1-4H3,(H2,51,64)(H,55,66)(H,56,68)(H,57,69)(H,58,65)(H,59,67)(H4,52,53,54)/t34-,35-,38-,39+,40+,41+,44+;30-,31-,34-,36-,37+,38+,39+,42+/m11/s1. The number of Topliss-reactive ketones (excluding diaryl/α,β-unsaturated/α-hetero) is 4. The molecule has 4 aromatic rings. The Balaban J connectivity index is 0.000000391. The minimum absolute atomic E-state index is 0.0323. The highest BCUT2D eigenvalue weighted by molar-refractivity contribution is 7.99. The third kappa shape index (κ3) is 41.5. The van der Waals surface area contributed by atoms with Crippen LogP contribution < -0.4 is 87.6 Å². The first kappa shape index (κ1) is 119. The topological polar surface area (TPSA) is 635 Å². The first-order valence-electron chi connectivity index (χ1n) is 49.1. The summed E-state index contributed by atoms with van der Waals surface area (Å²) in [6.07, 6.45) is -1.34. The Bertz CT molecular complexity index is 5070. The van der Waals surface area contributed by atoms with E-state index in [-0.39, 0.29) is 163 Å². The lowest BCUT2D eigenvalue weighted by Crippen LogP contribution is -2.58. The molecule has 0 unspecified atom stereocenters. The molecule has 3 aromatic carbocycles. The molecule has 4 aliphatic heterocycles. The van der Waals surface area contributed by atoms with Crippen LogP contribution in [-0.2, 0) is 112 Å². The predicted octanol–water partition coefficient (Wildman–Crippen LogP) is 3.21. The van der Waals surface area contributed by atoms with Crippen molar-refractivity contribution in [1.29, 1.82) is 0 Å². The van der Waals surface area contributed by atoms with Gasteiger partial charge >= 0.3 is 0 Å². The van der Waals surface area contributed by atoms with Crippen LogP contribution >= 0.6 is 58.1 Å². The number of nitrogens with zero attached hydrogens (tertiary/aromatic N) is 4. The number of nitrogens with one attached hydrogen (secondary N) is 10. The Hall–Kier alpha value is -11.6. The van der Waals surface area contributed by atoms with Crippen LogP contribution in [0.25, 0.3) is 0 Å². The van der Waals surface area contributed by atoms with Gasteiger partial charge in [0, 0.05) is 147 Å². The quantitative estimate of drug-likeness (QED) is 0.0181. The number of rotatable bonds is 34. The monoisotopic (exact) mass is 2090 g/mol. The highest BCUT2D eigenvalue weighted by Gasteiger charge is 2.46. The van der Waals surface area contributed by atoms with Crippen LogP contribution in [0.15, 0.2) is 106 Å². The zero-order chi connectivity index (χ0) is 106. The average Bonchev–Trinajstić information content (AvgIpc) is 1.67. The molecule has 1 aromatic heterocycles. The molecule has 5 heterocycles. The molecule has 0 aliphatic carbocycles. The second-order valence-corrected chi connectivity index (χ2v) is 42.8. The first-order chi connectivity index (χ1) is 68.3. The highest BCUT2D eigenvalue weighted by atomic mass is 35.5. The van der Waals surface area contributed by atoms with E-state index >= 15 is 0 Å². The number of guanidine groups is 2. The van der Waals surface area contributed by atoms with E-state index in [0.717, 1.165) is 16.0 Å². The lowest BCUT2D eigenvalue weighted by molar-refractivity contribution is -0.144. The molecule has 0 spiro atoms. The number of aliphatic hydroxyl groups excluding tert-OH is 1. The number of halogens is 2. The number of likely N-dealkylation sites (tertiary alicyclic amines) is 2. The first-order valence-corrected chi connectivity index (χ1v) is 53.0. The van der Waals surface area contributed by atoms with E-state index in [9.17, 15) is 91.4 Å². The van der Waals surface area contributed by atoms with Crippen molar-refractivity contribution in [3.8, 4) is 0 Å². The van der Waals surface area contributed by atoms with Gasteiger partial charge < -0.3 is 102 Å². The second kappa shape index (κ2) is 61.0. The Morgan fingerprint density at radius 2 is 0.882 bits per heavy atom. The van der Waals surface area contributed by atoms with Crippen LogP contribution in [0.4, 0.5) is 0 Å². The van der Waals surface area contributed by atoms with Gasteiger partial charge in [-0.15, -0.1) is 11.3 Å². The number of benzene rings is 3. The van der Waals surface area contributed by atoms with Crippen LogP contribution in [0.1, 0.15) is 186 Å². The van der Waals surface area contributed by atoms with Gasteiger partial charge in [-0.3, -0.25) is 96.3 Å². The molecule has 15 atom stereocenters. The van der Waals surface area contributed by atoms with E-state index in [2.05, 4.69) is 63.2 Å². The van der Waals surface area contributed by atoms with Gasteiger partial charge in [-0.05, 0) is 152 Å². The van der Waals surface area contributed by atoms with Crippen molar-refractivity contribution in [3.63, 3.8) is 0 Å². The molecule has 790 valence electrons. The van der Waals surface area contributed by atoms with Gasteiger partial charge in [0.05, 0.1) is 31.0 Å². The number of carbonyl (C=O) groups excluding carboxylic acids is 18. The molecule has 0 saturated carbocycles. The Kier molecular flexibility index (Phi) is 50.5. The summed E-state index contributed by atoms with van der Waals surface area (Å²) in [6, 6.07) is 14.1. The SMILES string of the molecule is CC(C)CNC(=O)[C@@H](CCCN=C(N)N)NC(=O)[C@@H]1CCCN1C(=O)[C@@H]1CCSCCC(=O)C[C@@H](Cc2ccc(Cl)cc2)C(=O)N[C@@H](Cc2ccccc2)C(=O)N[C@@H](C(C)C)C(=O)N[C@@H](CC(N)=O)C(=O)C1.CC(C)CNC(=O)[C@@H](CCCN=C(N)N)NC(=O)[C@@H]1C[C@@H](O)CN1C(=O)[C@@H]1CCSCCC(=O)C[C@@H](Cc2ccc(Cl)cc2)C(=O)N[C@@H](Cc2cccs2)C(=O)N[C@@H](C(C)C)C(=O)N[C@@H](CC(N)=O)C(=O)C1. The number of nitrogens with two attached hydrogens (primary N) is 6. The Labute approximate surface area is 863 Å². The molecule has 0 bridgehead atoms. The molecular weight excluding hydrogens is 1950 g/mol. The second-order valence-electron chi connectivity index (χ2n) is 38.5. The van der Waals surface area contributed by atoms with E-state index < -0.39 is 222 Å². The zero-order valence-corrected chi connectivity index (χ0v) is 87.1. The summed E-state index contributed by atoms with van der Waals surface area (Å²) in [6.45, 7) is 15.4. The average molecular weight is 2100 g/mol. The summed E-state index contributed by atoms with van der Waals surface area (Å²) in [5.41, 5.74) is 35.3. The van der Waals surface area contributed by atoms with Gasteiger partial charge in [0.15, 0.2) is 23.5 Å². The lowest BCUT2D eigenvalue weighted by atomic mass is 9.92. The molecule has 23 N–H and O–H groups in total. The molecule has 0 radical (unpaired) electrons. The maximum Gasteiger partial charge on any atom is 0.243 e. The summed E-state index contributed by atoms with van der Waals surface area (Å²) >= 11 is 16.4. The summed E-state index contributed by atoms with van der Waals surface area (Å²) in [4.78, 5) is 262. The number of hydrogen-bond donors (Lipinski definition) is 17. The van der Waals surface area contributed by atoms with Crippen LogP contribution in [-0.4, -0.2) is 261 Å². The van der Waals surface area contributed by atoms with E-state index in [1.165, 1.54) is 44.7 Å². The van der Waals surface area contributed by atoms with Crippen LogP contribution in [0.3, 0.4) is 0 Å². The minimum Gasteiger partial charge on any atom is -0.391 e. The molecule has 4 saturated heterocycles. The van der Waals surface area contributed by atoms with E-state index in [4.69, 9.17) is 57.6 Å². The molecule has 44 heteroatoms.